The van der Waals surface area contributed by atoms with E-state index >= 15 is 0 Å². The molecule has 28 heavy (non-hydrogen) atoms. The summed E-state index contributed by atoms with van der Waals surface area (Å²) in [6.07, 6.45) is 8.00. The second-order valence-corrected chi connectivity index (χ2v) is 7.87. The van der Waals surface area contributed by atoms with Gasteiger partial charge < -0.3 is 20.3 Å². The first-order valence-corrected chi connectivity index (χ1v) is 9.37. The molecule has 1 aliphatic carbocycles. The van der Waals surface area contributed by atoms with Crippen molar-refractivity contribution in [3.8, 4) is 0 Å². The number of nitrogens with zero attached hydrogens (tertiary/aromatic N) is 2. The van der Waals surface area contributed by atoms with Gasteiger partial charge in [-0.05, 0) is 68.4 Å². The predicted octanol–water partition coefficient (Wildman–Crippen LogP) is 2.93. The average molecular weight is 396 g/mol. The normalized spacial score (nSPS) is 31.0. The predicted molar refractivity (Wildman–Crippen MR) is 106 cm³/mol. The maximum absolute atomic E-state index is 12.8. The lowest BCUT2D eigenvalue weighted by atomic mass is 9.91. The highest BCUT2D eigenvalue weighted by molar-refractivity contribution is 5.77. The standard InChI is InChI=1S/C21H30N4O3/c1-20(2,3)28-19(27)24-8-5-21(6-9-24)10-17(21)12-23-18(26)25-13-15-4-7-22-11-16(15)14-25/h4,7,11,13,17,22H,5-6,8-10,12,14H2,1-3H3,(H,23,26)/i1D3,2D3,3D3. The Morgan fingerprint density at radius 2 is 2.18 bits per heavy atom. The van der Waals surface area contributed by atoms with Gasteiger partial charge >= 0.3 is 12.1 Å². The maximum Gasteiger partial charge on any atom is 0.410 e. The molecule has 4 aliphatic rings. The number of urea groups is 1. The van der Waals surface area contributed by atoms with Crippen LogP contribution in [-0.4, -0.2) is 53.7 Å². The molecule has 4 rings (SSSR count). The summed E-state index contributed by atoms with van der Waals surface area (Å²) in [4.78, 5) is 28.2. The molecule has 152 valence electrons. The van der Waals surface area contributed by atoms with Crippen LogP contribution in [0.5, 0.6) is 0 Å². The molecule has 3 heterocycles. The number of nitrogens with one attached hydrogen (secondary N) is 2. The third kappa shape index (κ3) is 3.88. The van der Waals surface area contributed by atoms with E-state index in [4.69, 9.17) is 17.1 Å². The maximum atomic E-state index is 12.8. The third-order valence-corrected chi connectivity index (χ3v) is 6.00. The molecule has 0 radical (unpaired) electrons. The highest BCUT2D eigenvalue weighted by Gasteiger charge is 2.55. The van der Waals surface area contributed by atoms with Gasteiger partial charge in [0.2, 0.25) is 0 Å². The van der Waals surface area contributed by atoms with E-state index in [9.17, 15) is 9.59 Å². The summed E-state index contributed by atoms with van der Waals surface area (Å²) in [5, 5.41) is 5.96. The Labute approximate surface area is 179 Å². The number of likely N-dealkylation sites (tertiary alicyclic amines) is 1. The van der Waals surface area contributed by atoms with Crippen molar-refractivity contribution in [3.63, 3.8) is 0 Å². The number of hydrogen-bond acceptors (Lipinski definition) is 4. The fourth-order valence-corrected chi connectivity index (χ4v) is 4.24. The lowest BCUT2D eigenvalue weighted by Crippen LogP contribution is -2.43. The van der Waals surface area contributed by atoms with Crippen LogP contribution in [0, 0.1) is 11.3 Å². The van der Waals surface area contributed by atoms with E-state index in [0.29, 0.717) is 25.9 Å². The highest BCUT2D eigenvalue weighted by atomic mass is 16.6. The van der Waals surface area contributed by atoms with Crippen molar-refractivity contribution in [3.05, 3.63) is 35.8 Å². The second kappa shape index (κ2) is 6.87. The molecule has 1 saturated carbocycles. The number of dihydropyridines is 1. The van der Waals surface area contributed by atoms with Crippen LogP contribution in [0.25, 0.3) is 0 Å². The molecule has 7 nitrogen and oxygen atoms in total. The second-order valence-electron chi connectivity index (χ2n) is 7.87. The molecule has 7 heteroatoms. The van der Waals surface area contributed by atoms with E-state index in [1.54, 1.807) is 17.3 Å². The van der Waals surface area contributed by atoms with Gasteiger partial charge in [-0.2, -0.15) is 0 Å². The molecule has 3 aliphatic heterocycles. The molecular weight excluding hydrogens is 356 g/mol. The van der Waals surface area contributed by atoms with Gasteiger partial charge in [-0.1, -0.05) is 0 Å². The smallest absolute Gasteiger partial charge is 0.410 e. The monoisotopic (exact) mass is 395 g/mol. The van der Waals surface area contributed by atoms with Gasteiger partial charge in [-0.3, -0.25) is 4.90 Å². The Morgan fingerprint density at radius 3 is 2.89 bits per heavy atom. The summed E-state index contributed by atoms with van der Waals surface area (Å²) in [6.45, 7) is -9.55. The van der Waals surface area contributed by atoms with Crippen molar-refractivity contribution in [1.82, 2.24) is 20.4 Å². The van der Waals surface area contributed by atoms with E-state index in [1.807, 2.05) is 12.3 Å². The van der Waals surface area contributed by atoms with Crippen molar-refractivity contribution in [2.24, 2.45) is 11.3 Å². The van der Waals surface area contributed by atoms with E-state index < -0.39 is 32.2 Å². The first-order valence-electron chi connectivity index (χ1n) is 13.9. The average Bonchev–Trinajstić information content (AvgIpc) is 3.24. The van der Waals surface area contributed by atoms with Gasteiger partial charge in [0.15, 0.2) is 0 Å². The minimum absolute atomic E-state index is 0.0914. The van der Waals surface area contributed by atoms with Crippen molar-refractivity contribution >= 4 is 12.1 Å². The van der Waals surface area contributed by atoms with Gasteiger partial charge in [0.25, 0.3) is 0 Å². The number of hydrogen-bond donors (Lipinski definition) is 2. The van der Waals surface area contributed by atoms with Crippen molar-refractivity contribution in [1.29, 1.82) is 0 Å². The van der Waals surface area contributed by atoms with E-state index in [1.165, 1.54) is 0 Å². The number of carbonyl (C=O) groups excluding carboxylic acids is 2. The summed E-state index contributed by atoms with van der Waals surface area (Å²) in [5.74, 6) is 0.208. The van der Waals surface area contributed by atoms with Gasteiger partial charge in [0.05, 0.1) is 6.54 Å². The van der Waals surface area contributed by atoms with Crippen LogP contribution in [0.2, 0.25) is 0 Å². The summed E-state index contributed by atoms with van der Waals surface area (Å²) < 4.78 is 73.4. The van der Waals surface area contributed by atoms with Crippen LogP contribution < -0.4 is 10.6 Å². The largest absolute Gasteiger partial charge is 0.444 e. The Balaban J connectivity index is 1.31. The van der Waals surface area contributed by atoms with Crippen LogP contribution in [0.1, 0.15) is 52.2 Å². The number of fused-ring (bicyclic) bond motifs is 1. The molecule has 2 N–H and O–H groups in total. The number of piperidine rings is 1. The fourth-order valence-electron chi connectivity index (χ4n) is 4.24. The van der Waals surface area contributed by atoms with Gasteiger partial charge in [0, 0.05) is 50.6 Å². The summed E-state index contributed by atoms with van der Waals surface area (Å²) in [7, 11) is 0. The fraction of sp³-hybridized carbons (Fsp3) is 0.619. The number of allylic oxidation sites excluding steroid dienone is 1. The van der Waals surface area contributed by atoms with Crippen LogP contribution >= 0.6 is 0 Å². The molecule has 1 atom stereocenters. The number of ether oxygens (including phenoxy) is 1. The van der Waals surface area contributed by atoms with E-state index in [2.05, 4.69) is 10.6 Å². The minimum Gasteiger partial charge on any atom is -0.444 e. The molecule has 1 unspecified atom stereocenters. The molecule has 1 saturated heterocycles. The van der Waals surface area contributed by atoms with Gasteiger partial charge in [-0.25, -0.2) is 9.59 Å². The highest BCUT2D eigenvalue weighted by Crippen LogP contribution is 2.59. The first-order chi connectivity index (χ1) is 17.0. The number of carbonyl (C=O) groups is 2. The minimum atomic E-state index is -3.64. The molecule has 3 amide bonds. The van der Waals surface area contributed by atoms with Gasteiger partial charge in [0.1, 0.15) is 5.60 Å². The quantitative estimate of drug-likeness (QED) is 0.754. The van der Waals surface area contributed by atoms with Gasteiger partial charge in [-0.15, -0.1) is 0 Å². The molecule has 2 fully saturated rings. The summed E-state index contributed by atoms with van der Waals surface area (Å²) >= 11 is 0. The Morgan fingerprint density at radius 1 is 1.39 bits per heavy atom. The Hall–Kier alpha value is -2.44. The molecule has 0 bridgehead atoms. The van der Waals surface area contributed by atoms with Crippen molar-refractivity contribution < 1.29 is 26.7 Å². The van der Waals surface area contributed by atoms with Crippen LogP contribution in [0.4, 0.5) is 9.59 Å². The first kappa shape index (κ1) is 10.9. The molecule has 0 aromatic rings. The van der Waals surface area contributed by atoms with Crippen LogP contribution in [-0.2, 0) is 4.74 Å². The number of rotatable bonds is 2. The Bertz CT molecular complexity index is 1000. The zero-order valence-corrected chi connectivity index (χ0v) is 15.5. The third-order valence-electron chi connectivity index (χ3n) is 6.00. The lowest BCUT2D eigenvalue weighted by molar-refractivity contribution is 0.0165. The topological polar surface area (TPSA) is 73.9 Å². The summed E-state index contributed by atoms with van der Waals surface area (Å²) in [6, 6.07) is -0.199. The Kier molecular flexibility index (Phi) is 2.68. The molecule has 0 aromatic carbocycles. The van der Waals surface area contributed by atoms with Crippen LogP contribution in [0.3, 0.4) is 0 Å². The molecule has 1 spiro atoms. The zero-order valence-electron chi connectivity index (χ0n) is 24.5. The molecule has 0 aromatic heterocycles. The van der Waals surface area contributed by atoms with Crippen LogP contribution in [0.15, 0.2) is 35.8 Å². The van der Waals surface area contributed by atoms with Crippen molar-refractivity contribution in [2.45, 2.75) is 45.4 Å². The van der Waals surface area contributed by atoms with E-state index in [-0.39, 0.29) is 30.5 Å². The summed E-state index contributed by atoms with van der Waals surface area (Å²) in [5.41, 5.74) is -1.73. The zero-order chi connectivity index (χ0) is 27.4. The van der Waals surface area contributed by atoms with Crippen molar-refractivity contribution in [2.75, 3.05) is 26.2 Å². The lowest BCUT2D eigenvalue weighted by Gasteiger charge is -2.34. The number of amides is 3. The SMILES string of the molecule is [2H]C([2H])([2H])C(OC(=O)N1CCC2(CC1)CC2CNC(=O)N1C=C2C=CNC=C2C1)(C([2H])([2H])[2H])C([2H])([2H])[2H]. The molecular formula is C21H30N4O3. The van der Waals surface area contributed by atoms with E-state index in [0.717, 1.165) is 22.5 Å².